The minimum absolute atomic E-state index is 0.223. The molecule has 0 aliphatic carbocycles. The summed E-state index contributed by atoms with van der Waals surface area (Å²) < 4.78 is 17.2. The lowest BCUT2D eigenvalue weighted by Crippen LogP contribution is -2.64. The van der Waals surface area contributed by atoms with Crippen LogP contribution in [0.5, 0.6) is 0 Å². The third-order valence-corrected chi connectivity index (χ3v) is 6.07. The maximum Gasteiger partial charge on any atom is 0.311 e. The van der Waals surface area contributed by atoms with Crippen molar-refractivity contribution in [2.75, 3.05) is 6.61 Å². The van der Waals surface area contributed by atoms with E-state index in [1.807, 2.05) is 30.3 Å². The van der Waals surface area contributed by atoms with Crippen molar-refractivity contribution in [1.29, 1.82) is 0 Å². The first-order valence-electron chi connectivity index (χ1n) is 10.9. The second-order valence-corrected chi connectivity index (χ2v) is 11.3. The van der Waals surface area contributed by atoms with Gasteiger partial charge in [-0.25, -0.2) is 0 Å². The van der Waals surface area contributed by atoms with Crippen molar-refractivity contribution >= 4 is 29.6 Å². The third kappa shape index (κ3) is 7.72. The molecule has 1 aliphatic rings. The van der Waals surface area contributed by atoms with Crippen LogP contribution in [0.2, 0.25) is 0 Å². The van der Waals surface area contributed by atoms with Crippen LogP contribution in [-0.2, 0) is 28.6 Å². The Morgan fingerprint density at radius 1 is 1.03 bits per heavy atom. The number of benzene rings is 1. The highest BCUT2D eigenvalue weighted by Crippen LogP contribution is 2.35. The molecule has 33 heavy (non-hydrogen) atoms. The fraction of sp³-hybridized carbons (Fsp3) is 0.625. The average molecular weight is 482 g/mol. The van der Waals surface area contributed by atoms with E-state index in [0.717, 1.165) is 4.90 Å². The first kappa shape index (κ1) is 27.1. The van der Waals surface area contributed by atoms with Gasteiger partial charge in [0.25, 0.3) is 0 Å². The van der Waals surface area contributed by atoms with Gasteiger partial charge in [-0.15, -0.1) is 0 Å². The van der Waals surface area contributed by atoms with Crippen molar-refractivity contribution in [3.8, 4) is 0 Å². The zero-order valence-electron chi connectivity index (χ0n) is 20.3. The molecule has 0 saturated carbocycles. The van der Waals surface area contributed by atoms with Crippen molar-refractivity contribution in [2.24, 2.45) is 10.8 Å². The van der Waals surface area contributed by atoms with Gasteiger partial charge in [0, 0.05) is 11.8 Å². The highest BCUT2D eigenvalue weighted by Gasteiger charge is 2.49. The molecule has 1 amide bonds. The van der Waals surface area contributed by atoms with Crippen molar-refractivity contribution in [3.63, 3.8) is 0 Å². The van der Waals surface area contributed by atoms with Crippen LogP contribution in [-0.4, -0.2) is 59.3 Å². The normalized spacial score (nSPS) is 25.8. The molecule has 5 atom stereocenters. The molecule has 1 aliphatic heterocycles. The maximum absolute atomic E-state index is 12.7. The van der Waals surface area contributed by atoms with E-state index in [1.54, 1.807) is 41.5 Å². The monoisotopic (exact) mass is 481 g/mol. The third-order valence-electron chi connectivity index (χ3n) is 4.89. The molecule has 1 saturated heterocycles. The molecular formula is C24H35NO7S. The molecule has 1 aromatic carbocycles. The van der Waals surface area contributed by atoms with Crippen LogP contribution >= 0.6 is 11.8 Å². The molecule has 0 bridgehead atoms. The maximum atomic E-state index is 12.7. The number of aliphatic hydroxyl groups is 1. The molecule has 0 radical (unpaired) electrons. The number of nitrogens with one attached hydrogen (secondary N) is 1. The number of hydrogen-bond acceptors (Lipinski definition) is 8. The van der Waals surface area contributed by atoms with E-state index in [0.29, 0.717) is 0 Å². The SMILES string of the molecule is CC(=O)N[C@@H]1[C@@H](OC(=O)C(C)(C)C)[C@H](O)[C@@H](COC(=O)C(C)(C)C)O[C@@H]1Sc1ccccc1. The van der Waals surface area contributed by atoms with Crippen LogP contribution in [0.25, 0.3) is 0 Å². The molecule has 1 heterocycles. The summed E-state index contributed by atoms with van der Waals surface area (Å²) in [6.45, 7) is 11.4. The molecule has 0 spiro atoms. The van der Waals surface area contributed by atoms with Gasteiger partial charge in [0.15, 0.2) is 6.10 Å². The fourth-order valence-corrected chi connectivity index (χ4v) is 4.14. The minimum Gasteiger partial charge on any atom is -0.462 e. The Morgan fingerprint density at radius 2 is 1.61 bits per heavy atom. The summed E-state index contributed by atoms with van der Waals surface area (Å²) >= 11 is 1.32. The van der Waals surface area contributed by atoms with Crippen LogP contribution in [0, 0.1) is 10.8 Å². The number of aliphatic hydroxyl groups excluding tert-OH is 1. The summed E-state index contributed by atoms with van der Waals surface area (Å²) in [5, 5.41) is 13.8. The van der Waals surface area contributed by atoms with Crippen molar-refractivity contribution in [2.45, 2.75) is 83.2 Å². The number of amides is 1. The van der Waals surface area contributed by atoms with Crippen LogP contribution < -0.4 is 5.32 Å². The summed E-state index contributed by atoms with van der Waals surface area (Å²) in [4.78, 5) is 37.8. The van der Waals surface area contributed by atoms with E-state index < -0.39 is 52.6 Å². The Balaban J connectivity index is 2.36. The fourth-order valence-electron chi connectivity index (χ4n) is 2.99. The number of carbonyl (C=O) groups excluding carboxylic acids is 3. The molecular weight excluding hydrogens is 446 g/mol. The van der Waals surface area contributed by atoms with Crippen molar-refractivity contribution in [3.05, 3.63) is 30.3 Å². The van der Waals surface area contributed by atoms with Gasteiger partial charge in [-0.05, 0) is 53.7 Å². The molecule has 9 heteroatoms. The molecule has 2 rings (SSSR count). The van der Waals surface area contributed by atoms with Gasteiger partial charge < -0.3 is 24.6 Å². The highest BCUT2D eigenvalue weighted by atomic mass is 32.2. The van der Waals surface area contributed by atoms with Gasteiger partial charge in [0.2, 0.25) is 5.91 Å². The summed E-state index contributed by atoms with van der Waals surface area (Å²) in [6, 6.07) is 8.55. The van der Waals surface area contributed by atoms with Gasteiger partial charge in [-0.1, -0.05) is 30.0 Å². The smallest absolute Gasteiger partial charge is 0.311 e. The second kappa shape index (κ2) is 10.9. The molecule has 0 unspecified atom stereocenters. The molecule has 2 N–H and O–H groups in total. The lowest BCUT2D eigenvalue weighted by Gasteiger charge is -2.44. The molecule has 1 aromatic rings. The van der Waals surface area contributed by atoms with Crippen LogP contribution in [0.3, 0.4) is 0 Å². The summed E-state index contributed by atoms with van der Waals surface area (Å²) in [7, 11) is 0. The largest absolute Gasteiger partial charge is 0.462 e. The Morgan fingerprint density at radius 3 is 2.12 bits per heavy atom. The first-order valence-corrected chi connectivity index (χ1v) is 11.8. The number of rotatable bonds is 6. The van der Waals surface area contributed by atoms with Gasteiger partial charge in [-0.3, -0.25) is 14.4 Å². The second-order valence-electron chi connectivity index (χ2n) is 10.2. The quantitative estimate of drug-likeness (QED) is 0.597. The summed E-state index contributed by atoms with van der Waals surface area (Å²) in [5.41, 5.74) is -2.26. The van der Waals surface area contributed by atoms with Crippen LogP contribution in [0.1, 0.15) is 48.5 Å². The average Bonchev–Trinajstić information content (AvgIpc) is 2.70. The van der Waals surface area contributed by atoms with Crippen molar-refractivity contribution in [1.82, 2.24) is 5.32 Å². The van der Waals surface area contributed by atoms with Gasteiger partial charge in [-0.2, -0.15) is 0 Å². The standard InChI is InChI=1S/C24H35NO7S/c1-14(26)25-17-19(32-22(29)24(5,6)7)18(27)16(13-30-21(28)23(2,3)4)31-20(17)33-15-11-9-8-10-12-15/h8-12,16-20,27H,13H2,1-7H3,(H,25,26)/t16-,17-,18-,19-,20-/m1/s1. The van der Waals surface area contributed by atoms with Gasteiger partial charge in [0.05, 0.1) is 10.8 Å². The molecule has 8 nitrogen and oxygen atoms in total. The lowest BCUT2D eigenvalue weighted by molar-refractivity contribution is -0.206. The van der Waals surface area contributed by atoms with Gasteiger partial charge >= 0.3 is 11.9 Å². The van der Waals surface area contributed by atoms with Crippen LogP contribution in [0.4, 0.5) is 0 Å². The lowest BCUT2D eigenvalue weighted by atomic mass is 9.94. The molecule has 0 aromatic heterocycles. The molecule has 1 fully saturated rings. The number of carbonyl (C=O) groups is 3. The number of ether oxygens (including phenoxy) is 3. The Bertz CT molecular complexity index is 831. The minimum atomic E-state index is -1.33. The Hall–Kier alpha value is -2.10. The Labute approximate surface area is 199 Å². The van der Waals surface area contributed by atoms with E-state index in [-0.39, 0.29) is 12.5 Å². The topological polar surface area (TPSA) is 111 Å². The van der Waals surface area contributed by atoms with Crippen LogP contribution in [0.15, 0.2) is 35.2 Å². The zero-order chi connectivity index (χ0) is 25.0. The van der Waals surface area contributed by atoms with Gasteiger partial charge in [0.1, 0.15) is 30.3 Å². The zero-order valence-corrected chi connectivity index (χ0v) is 21.1. The van der Waals surface area contributed by atoms with Crippen molar-refractivity contribution < 1.29 is 33.7 Å². The predicted molar refractivity (Wildman–Crippen MR) is 124 cm³/mol. The predicted octanol–water partition coefficient (Wildman–Crippen LogP) is 2.92. The van der Waals surface area contributed by atoms with E-state index in [1.165, 1.54) is 18.7 Å². The molecule has 184 valence electrons. The summed E-state index contributed by atoms with van der Waals surface area (Å²) in [6.07, 6.45) is -3.39. The number of thioether (sulfide) groups is 1. The highest BCUT2D eigenvalue weighted by molar-refractivity contribution is 7.99. The first-order chi connectivity index (χ1) is 15.2. The number of hydrogen-bond donors (Lipinski definition) is 2. The van der Waals surface area contributed by atoms with E-state index >= 15 is 0 Å². The summed E-state index contributed by atoms with van der Waals surface area (Å²) in [5.74, 6) is -1.33. The number of esters is 2. The Kier molecular flexibility index (Phi) is 8.95. The van der Waals surface area contributed by atoms with E-state index in [4.69, 9.17) is 14.2 Å². The van der Waals surface area contributed by atoms with E-state index in [9.17, 15) is 19.5 Å². The van der Waals surface area contributed by atoms with E-state index in [2.05, 4.69) is 5.32 Å².